The lowest BCUT2D eigenvalue weighted by atomic mass is 9.89. The van der Waals surface area contributed by atoms with Crippen LogP contribution >= 0.6 is 0 Å². The molecule has 2 saturated heterocycles. The Morgan fingerprint density at radius 2 is 1.80 bits per heavy atom. The Hall–Kier alpha value is -3.22. The minimum atomic E-state index is 0.101. The second kappa shape index (κ2) is 7.89. The highest BCUT2D eigenvalue weighted by atomic mass is 16.2. The van der Waals surface area contributed by atoms with Crippen LogP contribution in [0, 0.1) is 11.8 Å². The summed E-state index contributed by atoms with van der Waals surface area (Å²) in [4.78, 5) is 26.5. The molecule has 7 heteroatoms. The lowest BCUT2D eigenvalue weighted by Crippen LogP contribution is -2.36. The van der Waals surface area contributed by atoms with E-state index in [2.05, 4.69) is 49.1 Å². The number of fused-ring (bicyclic) bond motifs is 1. The van der Waals surface area contributed by atoms with Crippen molar-refractivity contribution in [2.45, 2.75) is 18.9 Å². The average Bonchev–Trinajstić information content (AvgIpc) is 3.47. The van der Waals surface area contributed by atoms with Gasteiger partial charge in [0.05, 0.1) is 6.04 Å². The van der Waals surface area contributed by atoms with E-state index in [9.17, 15) is 4.79 Å². The van der Waals surface area contributed by atoms with Crippen molar-refractivity contribution in [3.63, 3.8) is 0 Å². The van der Waals surface area contributed by atoms with Crippen LogP contribution in [0.5, 0.6) is 0 Å². The molecule has 2 fully saturated rings. The third-order valence-corrected chi connectivity index (χ3v) is 6.48. The molecule has 154 valence electrons. The number of aryl methyl sites for hydroxylation is 2. The van der Waals surface area contributed by atoms with Gasteiger partial charge in [0, 0.05) is 69.2 Å². The minimum absolute atomic E-state index is 0.101. The molecule has 0 saturated carbocycles. The van der Waals surface area contributed by atoms with Crippen molar-refractivity contribution in [1.29, 1.82) is 0 Å². The van der Waals surface area contributed by atoms with E-state index in [1.807, 2.05) is 29.9 Å². The van der Waals surface area contributed by atoms with E-state index < -0.39 is 0 Å². The third kappa shape index (κ3) is 3.44. The van der Waals surface area contributed by atoms with E-state index in [4.69, 9.17) is 0 Å². The van der Waals surface area contributed by atoms with Crippen molar-refractivity contribution in [3.8, 4) is 0 Å². The SMILES string of the molecule is Cn1nccc1CCC(=O)N1C[C@@H]2CN(c3ncccn3)C[C@@H]2[C@H]1c1ccccc1. The molecule has 0 bridgehead atoms. The summed E-state index contributed by atoms with van der Waals surface area (Å²) in [5.74, 6) is 1.83. The summed E-state index contributed by atoms with van der Waals surface area (Å²) in [7, 11) is 1.92. The van der Waals surface area contributed by atoms with E-state index in [0.717, 1.165) is 31.3 Å². The Balaban J connectivity index is 1.36. The highest BCUT2D eigenvalue weighted by Gasteiger charge is 2.49. The van der Waals surface area contributed by atoms with Crippen LogP contribution in [0.1, 0.15) is 23.7 Å². The number of hydrogen-bond acceptors (Lipinski definition) is 5. The Kier molecular flexibility index (Phi) is 4.94. The van der Waals surface area contributed by atoms with Crippen molar-refractivity contribution < 1.29 is 4.79 Å². The molecule has 0 unspecified atom stereocenters. The van der Waals surface area contributed by atoms with Gasteiger partial charge in [-0.2, -0.15) is 5.10 Å². The van der Waals surface area contributed by atoms with Crippen molar-refractivity contribution in [2.75, 3.05) is 24.5 Å². The standard InChI is InChI=1S/C23H26N6O/c1-27-19(10-13-26-27)8-9-21(30)29-15-18-14-28(23-24-11-5-12-25-23)16-20(18)22(29)17-6-3-2-4-7-17/h2-7,10-13,18,20,22H,8-9,14-16H2,1H3/t18-,20-,22+/m0/s1. The summed E-state index contributed by atoms with van der Waals surface area (Å²) in [5.41, 5.74) is 2.31. The van der Waals surface area contributed by atoms with E-state index in [1.165, 1.54) is 5.56 Å². The predicted octanol–water partition coefficient (Wildman–Crippen LogP) is 2.48. The van der Waals surface area contributed by atoms with Gasteiger partial charge in [-0.15, -0.1) is 0 Å². The first-order chi connectivity index (χ1) is 14.7. The first-order valence-corrected chi connectivity index (χ1v) is 10.5. The van der Waals surface area contributed by atoms with Crippen LogP contribution in [0.2, 0.25) is 0 Å². The summed E-state index contributed by atoms with van der Waals surface area (Å²) in [6, 6.07) is 14.4. The maximum absolute atomic E-state index is 13.3. The normalized spacial score (nSPS) is 23.0. The average molecular weight is 403 g/mol. The third-order valence-electron chi connectivity index (χ3n) is 6.48. The molecule has 0 radical (unpaired) electrons. The summed E-state index contributed by atoms with van der Waals surface area (Å²) in [6.45, 7) is 2.56. The van der Waals surface area contributed by atoms with Crippen LogP contribution in [0.25, 0.3) is 0 Å². The number of benzene rings is 1. The molecule has 3 aromatic rings. The highest BCUT2D eigenvalue weighted by molar-refractivity contribution is 5.77. The van der Waals surface area contributed by atoms with Crippen LogP contribution in [0.3, 0.4) is 0 Å². The van der Waals surface area contributed by atoms with E-state index in [0.29, 0.717) is 24.7 Å². The number of nitrogens with zero attached hydrogens (tertiary/aromatic N) is 6. The number of carbonyl (C=O) groups is 1. The molecule has 0 aliphatic carbocycles. The van der Waals surface area contributed by atoms with Crippen LogP contribution in [-0.4, -0.2) is 50.2 Å². The molecule has 4 heterocycles. The number of carbonyl (C=O) groups excluding carboxylic acids is 1. The summed E-state index contributed by atoms with van der Waals surface area (Å²) < 4.78 is 1.85. The van der Waals surface area contributed by atoms with E-state index in [1.54, 1.807) is 18.6 Å². The van der Waals surface area contributed by atoms with Gasteiger partial charge in [-0.25, -0.2) is 9.97 Å². The van der Waals surface area contributed by atoms with Crippen molar-refractivity contribution in [2.24, 2.45) is 18.9 Å². The zero-order valence-corrected chi connectivity index (χ0v) is 17.1. The summed E-state index contributed by atoms with van der Waals surface area (Å²) in [5, 5.41) is 4.21. The van der Waals surface area contributed by atoms with Gasteiger partial charge in [-0.05, 0) is 24.1 Å². The molecule has 0 spiro atoms. The topological polar surface area (TPSA) is 67.2 Å². The minimum Gasteiger partial charge on any atom is -0.340 e. The highest BCUT2D eigenvalue weighted by Crippen LogP contribution is 2.45. The predicted molar refractivity (Wildman–Crippen MR) is 114 cm³/mol. The molecule has 5 rings (SSSR count). The Labute approximate surface area is 176 Å². The number of aromatic nitrogens is 4. The van der Waals surface area contributed by atoms with Gasteiger partial charge < -0.3 is 9.80 Å². The lowest BCUT2D eigenvalue weighted by molar-refractivity contribution is -0.132. The summed E-state index contributed by atoms with van der Waals surface area (Å²) in [6.07, 6.45) is 6.59. The zero-order valence-electron chi connectivity index (χ0n) is 17.1. The van der Waals surface area contributed by atoms with Gasteiger partial charge >= 0.3 is 0 Å². The smallest absolute Gasteiger partial charge is 0.225 e. The molecule has 1 aromatic carbocycles. The first-order valence-electron chi connectivity index (χ1n) is 10.5. The molecular weight excluding hydrogens is 376 g/mol. The fraction of sp³-hybridized carbons (Fsp3) is 0.391. The Morgan fingerprint density at radius 3 is 2.53 bits per heavy atom. The Morgan fingerprint density at radius 1 is 1.00 bits per heavy atom. The van der Waals surface area contributed by atoms with Crippen molar-refractivity contribution in [3.05, 3.63) is 72.3 Å². The van der Waals surface area contributed by atoms with E-state index in [-0.39, 0.29) is 11.9 Å². The fourth-order valence-electron chi connectivity index (χ4n) is 5.02. The molecule has 2 aliphatic rings. The second-order valence-electron chi connectivity index (χ2n) is 8.23. The van der Waals surface area contributed by atoms with Gasteiger partial charge in [-0.3, -0.25) is 9.48 Å². The van der Waals surface area contributed by atoms with Crippen molar-refractivity contribution >= 4 is 11.9 Å². The number of anilines is 1. The largest absolute Gasteiger partial charge is 0.340 e. The molecule has 3 atom stereocenters. The van der Waals surface area contributed by atoms with Crippen LogP contribution in [0.15, 0.2) is 61.1 Å². The summed E-state index contributed by atoms with van der Waals surface area (Å²) >= 11 is 0. The molecule has 1 amide bonds. The number of likely N-dealkylation sites (tertiary alicyclic amines) is 1. The van der Waals surface area contributed by atoms with Crippen LogP contribution in [0.4, 0.5) is 5.95 Å². The van der Waals surface area contributed by atoms with E-state index >= 15 is 0 Å². The number of rotatable bonds is 5. The van der Waals surface area contributed by atoms with Gasteiger partial charge in [0.1, 0.15) is 0 Å². The maximum Gasteiger partial charge on any atom is 0.225 e. The maximum atomic E-state index is 13.3. The molecule has 30 heavy (non-hydrogen) atoms. The molecule has 2 aliphatic heterocycles. The quantitative estimate of drug-likeness (QED) is 0.656. The molecular formula is C23H26N6O. The lowest BCUT2D eigenvalue weighted by Gasteiger charge is -2.30. The van der Waals surface area contributed by atoms with Crippen molar-refractivity contribution in [1.82, 2.24) is 24.6 Å². The van der Waals surface area contributed by atoms with Gasteiger partial charge in [0.25, 0.3) is 0 Å². The van der Waals surface area contributed by atoms with Gasteiger partial charge in [-0.1, -0.05) is 30.3 Å². The molecule has 0 N–H and O–H groups in total. The Bertz CT molecular complexity index is 1000. The first kappa shape index (κ1) is 18.8. The van der Waals surface area contributed by atoms with Crippen LogP contribution in [-0.2, 0) is 18.3 Å². The number of hydrogen-bond donors (Lipinski definition) is 0. The second-order valence-corrected chi connectivity index (χ2v) is 8.23. The fourth-order valence-corrected chi connectivity index (χ4v) is 5.02. The molecule has 7 nitrogen and oxygen atoms in total. The zero-order chi connectivity index (χ0) is 20.5. The monoisotopic (exact) mass is 402 g/mol. The number of amides is 1. The van der Waals surface area contributed by atoms with Gasteiger partial charge in [0.2, 0.25) is 11.9 Å². The molecule has 2 aromatic heterocycles. The van der Waals surface area contributed by atoms with Gasteiger partial charge in [0.15, 0.2) is 0 Å². The van der Waals surface area contributed by atoms with Crippen LogP contribution < -0.4 is 4.90 Å².